The second-order valence-electron chi connectivity index (χ2n) is 5.38. The molecule has 1 atom stereocenters. The lowest BCUT2D eigenvalue weighted by Gasteiger charge is -2.16. The molecule has 0 aromatic heterocycles. The van der Waals surface area contributed by atoms with Crippen molar-refractivity contribution in [1.82, 2.24) is 0 Å². The van der Waals surface area contributed by atoms with Gasteiger partial charge in [-0.15, -0.1) is 0 Å². The van der Waals surface area contributed by atoms with Gasteiger partial charge in [-0.1, -0.05) is 48.5 Å². The molecule has 0 saturated heterocycles. The van der Waals surface area contributed by atoms with E-state index < -0.39 is 24.8 Å². The Balaban J connectivity index is 2.03. The zero-order valence-electron chi connectivity index (χ0n) is 13.1. The quantitative estimate of drug-likeness (QED) is 0.859. The molecule has 0 bridgehead atoms. The number of rotatable bonds is 6. The van der Waals surface area contributed by atoms with Crippen molar-refractivity contribution in [3.05, 3.63) is 65.7 Å². The average Bonchev–Trinajstić information content (AvgIpc) is 2.54. The molecule has 0 aliphatic rings. The SMILES string of the molecule is CC(OCC(F)(F)F)C(=O)Nc1ccccc1Cc1ccccc1. The minimum atomic E-state index is -4.46. The number of anilines is 1. The maximum atomic E-state index is 12.2. The molecule has 0 heterocycles. The van der Waals surface area contributed by atoms with Gasteiger partial charge in [0.15, 0.2) is 0 Å². The van der Waals surface area contributed by atoms with Crippen LogP contribution in [0.5, 0.6) is 0 Å². The third kappa shape index (κ3) is 5.70. The van der Waals surface area contributed by atoms with Crippen molar-refractivity contribution in [3.8, 4) is 0 Å². The van der Waals surface area contributed by atoms with Gasteiger partial charge in [0, 0.05) is 5.69 Å². The Morgan fingerprint density at radius 1 is 1.08 bits per heavy atom. The number of alkyl halides is 3. The topological polar surface area (TPSA) is 38.3 Å². The van der Waals surface area contributed by atoms with Gasteiger partial charge in [-0.05, 0) is 30.5 Å². The molecule has 1 N–H and O–H groups in total. The van der Waals surface area contributed by atoms with E-state index in [0.29, 0.717) is 12.1 Å². The molecule has 0 fully saturated rings. The van der Waals surface area contributed by atoms with Gasteiger partial charge in [0.25, 0.3) is 5.91 Å². The number of para-hydroxylation sites is 1. The second kappa shape index (κ2) is 7.97. The molecule has 2 rings (SSSR count). The molecule has 128 valence electrons. The van der Waals surface area contributed by atoms with E-state index in [1.165, 1.54) is 6.92 Å². The summed E-state index contributed by atoms with van der Waals surface area (Å²) in [7, 11) is 0. The van der Waals surface area contributed by atoms with E-state index in [-0.39, 0.29) is 0 Å². The predicted octanol–water partition coefficient (Wildman–Crippen LogP) is 4.18. The Morgan fingerprint density at radius 2 is 1.71 bits per heavy atom. The minimum Gasteiger partial charge on any atom is -0.359 e. The minimum absolute atomic E-state index is 0.564. The predicted molar refractivity (Wildman–Crippen MR) is 85.8 cm³/mol. The van der Waals surface area contributed by atoms with Crippen molar-refractivity contribution in [3.63, 3.8) is 0 Å². The molecule has 1 unspecified atom stereocenters. The van der Waals surface area contributed by atoms with Crippen LogP contribution < -0.4 is 5.32 Å². The maximum Gasteiger partial charge on any atom is 0.411 e. The average molecular weight is 337 g/mol. The maximum absolute atomic E-state index is 12.2. The highest BCUT2D eigenvalue weighted by Gasteiger charge is 2.30. The van der Waals surface area contributed by atoms with Crippen molar-refractivity contribution in [1.29, 1.82) is 0 Å². The van der Waals surface area contributed by atoms with E-state index in [4.69, 9.17) is 0 Å². The summed E-state index contributed by atoms with van der Waals surface area (Å²) >= 11 is 0. The van der Waals surface area contributed by atoms with E-state index in [1.54, 1.807) is 12.1 Å². The Labute approximate surface area is 138 Å². The highest BCUT2D eigenvalue weighted by atomic mass is 19.4. The summed E-state index contributed by atoms with van der Waals surface area (Å²) in [4.78, 5) is 12.0. The van der Waals surface area contributed by atoms with Gasteiger partial charge < -0.3 is 10.1 Å². The highest BCUT2D eigenvalue weighted by Crippen LogP contribution is 2.20. The summed E-state index contributed by atoms with van der Waals surface area (Å²) in [5.41, 5.74) is 2.51. The van der Waals surface area contributed by atoms with Gasteiger partial charge in [-0.3, -0.25) is 4.79 Å². The molecular weight excluding hydrogens is 319 g/mol. The van der Waals surface area contributed by atoms with Crippen LogP contribution in [0, 0.1) is 0 Å². The number of hydrogen-bond acceptors (Lipinski definition) is 2. The van der Waals surface area contributed by atoms with Crippen molar-refractivity contribution in [2.45, 2.75) is 25.6 Å². The summed E-state index contributed by atoms with van der Waals surface area (Å²) in [5.74, 6) is -0.611. The number of carbonyl (C=O) groups excluding carboxylic acids is 1. The molecule has 2 aromatic carbocycles. The lowest BCUT2D eigenvalue weighted by atomic mass is 10.0. The molecule has 0 saturated carbocycles. The number of ether oxygens (including phenoxy) is 1. The van der Waals surface area contributed by atoms with Crippen LogP contribution in [-0.4, -0.2) is 24.8 Å². The lowest BCUT2D eigenvalue weighted by molar-refractivity contribution is -0.184. The van der Waals surface area contributed by atoms with Crippen molar-refractivity contribution < 1.29 is 22.7 Å². The fourth-order valence-corrected chi connectivity index (χ4v) is 2.14. The first-order valence-electron chi connectivity index (χ1n) is 7.46. The van der Waals surface area contributed by atoms with E-state index in [0.717, 1.165) is 11.1 Å². The third-order valence-electron chi connectivity index (χ3n) is 3.38. The monoisotopic (exact) mass is 337 g/mol. The molecule has 1 amide bonds. The van der Waals surface area contributed by atoms with Crippen LogP contribution in [0.1, 0.15) is 18.1 Å². The molecule has 0 aliphatic carbocycles. The van der Waals surface area contributed by atoms with Gasteiger partial charge in [0.05, 0.1) is 0 Å². The molecular formula is C18H18F3NO2. The van der Waals surface area contributed by atoms with Crippen LogP contribution >= 0.6 is 0 Å². The third-order valence-corrected chi connectivity index (χ3v) is 3.38. The first-order chi connectivity index (χ1) is 11.3. The first-order valence-corrected chi connectivity index (χ1v) is 7.46. The van der Waals surface area contributed by atoms with Crippen LogP contribution in [0.4, 0.5) is 18.9 Å². The van der Waals surface area contributed by atoms with Crippen LogP contribution in [0.15, 0.2) is 54.6 Å². The summed E-state index contributed by atoms with van der Waals surface area (Å²) in [6, 6.07) is 16.9. The van der Waals surface area contributed by atoms with Gasteiger partial charge >= 0.3 is 6.18 Å². The molecule has 24 heavy (non-hydrogen) atoms. The van der Waals surface area contributed by atoms with Crippen LogP contribution in [0.2, 0.25) is 0 Å². The van der Waals surface area contributed by atoms with Gasteiger partial charge in [-0.25, -0.2) is 0 Å². The Bertz CT molecular complexity index is 671. The van der Waals surface area contributed by atoms with Crippen LogP contribution in [0.25, 0.3) is 0 Å². The largest absolute Gasteiger partial charge is 0.411 e. The number of halogens is 3. The van der Waals surface area contributed by atoms with Gasteiger partial charge in [0.2, 0.25) is 0 Å². The number of amides is 1. The molecule has 3 nitrogen and oxygen atoms in total. The van der Waals surface area contributed by atoms with E-state index in [1.807, 2.05) is 42.5 Å². The fraction of sp³-hybridized carbons (Fsp3) is 0.278. The molecule has 0 radical (unpaired) electrons. The second-order valence-corrected chi connectivity index (χ2v) is 5.38. The smallest absolute Gasteiger partial charge is 0.359 e. The Kier molecular flexibility index (Phi) is 5.98. The summed E-state index contributed by atoms with van der Waals surface area (Å²) in [5, 5.41) is 2.64. The zero-order valence-corrected chi connectivity index (χ0v) is 13.1. The van der Waals surface area contributed by atoms with Gasteiger partial charge in [0.1, 0.15) is 12.7 Å². The van der Waals surface area contributed by atoms with Crippen LogP contribution in [0.3, 0.4) is 0 Å². The molecule has 6 heteroatoms. The molecule has 0 spiro atoms. The van der Waals surface area contributed by atoms with Crippen LogP contribution in [-0.2, 0) is 16.0 Å². The Hall–Kier alpha value is -2.34. The zero-order chi connectivity index (χ0) is 17.6. The fourth-order valence-electron chi connectivity index (χ4n) is 2.14. The normalized spacial score (nSPS) is 12.7. The van der Waals surface area contributed by atoms with Crippen molar-refractivity contribution in [2.24, 2.45) is 0 Å². The standard InChI is InChI=1S/C18H18F3NO2/c1-13(24-12-18(19,20)21)17(23)22-16-10-6-5-9-15(16)11-14-7-3-2-4-8-14/h2-10,13H,11-12H2,1H3,(H,22,23). The van der Waals surface area contributed by atoms with Gasteiger partial charge in [-0.2, -0.15) is 13.2 Å². The van der Waals surface area contributed by atoms with E-state index in [2.05, 4.69) is 10.1 Å². The highest BCUT2D eigenvalue weighted by molar-refractivity contribution is 5.94. The summed E-state index contributed by atoms with van der Waals surface area (Å²) in [6.45, 7) is -0.159. The number of hydrogen-bond donors (Lipinski definition) is 1. The molecule has 2 aromatic rings. The molecule has 0 aliphatic heterocycles. The summed E-state index contributed by atoms with van der Waals surface area (Å²) in [6.07, 6.45) is -5.05. The number of benzene rings is 2. The Morgan fingerprint density at radius 3 is 2.38 bits per heavy atom. The van der Waals surface area contributed by atoms with Crippen molar-refractivity contribution >= 4 is 11.6 Å². The number of nitrogens with one attached hydrogen (secondary N) is 1. The van der Waals surface area contributed by atoms with E-state index >= 15 is 0 Å². The summed E-state index contributed by atoms with van der Waals surface area (Å²) < 4.78 is 41.0. The van der Waals surface area contributed by atoms with E-state index in [9.17, 15) is 18.0 Å². The number of carbonyl (C=O) groups is 1. The first kappa shape index (κ1) is 18.0. The van der Waals surface area contributed by atoms with Crippen molar-refractivity contribution in [2.75, 3.05) is 11.9 Å². The lowest BCUT2D eigenvalue weighted by Crippen LogP contribution is -2.31.